The number of esters is 1. The molecule has 0 radical (unpaired) electrons. The number of carbonyl (C=O) groups is 1. The zero-order valence-electron chi connectivity index (χ0n) is 10.0. The lowest BCUT2D eigenvalue weighted by atomic mass is 10.3. The molecule has 0 saturated heterocycles. The van der Waals surface area contributed by atoms with Gasteiger partial charge in [0.25, 0.3) is 0 Å². The summed E-state index contributed by atoms with van der Waals surface area (Å²) in [7, 11) is 1.44. The quantitative estimate of drug-likeness (QED) is 0.489. The maximum atomic E-state index is 11.4. The number of methoxy groups -OCH3 is 1. The van der Waals surface area contributed by atoms with Crippen molar-refractivity contribution in [3.63, 3.8) is 0 Å². The molecule has 0 fully saturated rings. The molecule has 0 aliphatic rings. The van der Waals surface area contributed by atoms with Crippen molar-refractivity contribution >= 4 is 17.7 Å². The van der Waals surface area contributed by atoms with E-state index in [-0.39, 0.29) is 12.0 Å². The van der Waals surface area contributed by atoms with Crippen molar-refractivity contribution in [1.82, 2.24) is 5.32 Å². The minimum atomic E-state index is -0.146. The summed E-state index contributed by atoms with van der Waals surface area (Å²) in [6.45, 7) is 5.13. The van der Waals surface area contributed by atoms with E-state index in [4.69, 9.17) is 4.74 Å². The van der Waals surface area contributed by atoms with E-state index in [2.05, 4.69) is 19.2 Å². The van der Waals surface area contributed by atoms with Crippen LogP contribution in [0.5, 0.6) is 0 Å². The van der Waals surface area contributed by atoms with Crippen LogP contribution in [0.3, 0.4) is 0 Å². The summed E-state index contributed by atoms with van der Waals surface area (Å²) in [5.41, 5.74) is 0. The molecule has 0 aromatic carbocycles. The van der Waals surface area contributed by atoms with Gasteiger partial charge in [-0.05, 0) is 25.1 Å². The van der Waals surface area contributed by atoms with Crippen molar-refractivity contribution < 1.29 is 9.53 Å². The van der Waals surface area contributed by atoms with E-state index in [1.807, 2.05) is 11.8 Å². The van der Waals surface area contributed by atoms with Gasteiger partial charge in [0.1, 0.15) is 6.04 Å². The molecule has 1 atom stereocenters. The third-order valence-corrected chi connectivity index (χ3v) is 3.20. The molecule has 0 aromatic rings. The SMILES string of the molecule is CCCCSCC(NCCC)C(=O)OC. The van der Waals surface area contributed by atoms with Crippen LogP contribution in [0.4, 0.5) is 0 Å². The Bertz CT molecular complexity index is 165. The average Bonchev–Trinajstić information content (AvgIpc) is 2.27. The molecule has 3 nitrogen and oxygen atoms in total. The highest BCUT2D eigenvalue weighted by molar-refractivity contribution is 7.99. The van der Waals surface area contributed by atoms with Crippen molar-refractivity contribution in [1.29, 1.82) is 0 Å². The Kier molecular flexibility index (Phi) is 10.2. The summed E-state index contributed by atoms with van der Waals surface area (Å²) in [4.78, 5) is 11.4. The van der Waals surface area contributed by atoms with E-state index in [9.17, 15) is 4.79 Å². The molecule has 0 bridgehead atoms. The molecule has 0 aliphatic heterocycles. The first-order chi connectivity index (χ1) is 7.26. The molecule has 0 heterocycles. The number of hydrogen-bond acceptors (Lipinski definition) is 4. The Morgan fingerprint density at radius 2 is 2.13 bits per heavy atom. The van der Waals surface area contributed by atoms with E-state index in [0.717, 1.165) is 24.5 Å². The lowest BCUT2D eigenvalue weighted by Gasteiger charge is -2.15. The number of hydrogen-bond donors (Lipinski definition) is 1. The van der Waals surface area contributed by atoms with Gasteiger partial charge in [-0.25, -0.2) is 0 Å². The van der Waals surface area contributed by atoms with Gasteiger partial charge >= 0.3 is 5.97 Å². The second kappa shape index (κ2) is 10.3. The van der Waals surface area contributed by atoms with Crippen LogP contribution in [0.1, 0.15) is 33.1 Å². The van der Waals surface area contributed by atoms with Crippen molar-refractivity contribution in [3.05, 3.63) is 0 Å². The van der Waals surface area contributed by atoms with Gasteiger partial charge in [0.15, 0.2) is 0 Å². The predicted octanol–water partition coefficient (Wildman–Crippen LogP) is 2.06. The molecule has 90 valence electrons. The molecule has 0 spiro atoms. The van der Waals surface area contributed by atoms with Crippen LogP contribution in [0.2, 0.25) is 0 Å². The largest absolute Gasteiger partial charge is 0.468 e. The molecule has 0 saturated carbocycles. The summed E-state index contributed by atoms with van der Waals surface area (Å²) < 4.78 is 4.75. The Balaban J connectivity index is 3.74. The van der Waals surface area contributed by atoms with Crippen molar-refractivity contribution in [2.75, 3.05) is 25.2 Å². The number of unbranched alkanes of at least 4 members (excludes halogenated alkanes) is 1. The van der Waals surface area contributed by atoms with E-state index in [1.54, 1.807) is 0 Å². The highest BCUT2D eigenvalue weighted by atomic mass is 32.2. The number of nitrogens with one attached hydrogen (secondary N) is 1. The third-order valence-electron chi connectivity index (χ3n) is 2.05. The van der Waals surface area contributed by atoms with Crippen molar-refractivity contribution in [2.24, 2.45) is 0 Å². The first-order valence-electron chi connectivity index (χ1n) is 5.65. The van der Waals surface area contributed by atoms with Gasteiger partial charge in [-0.15, -0.1) is 0 Å². The maximum absolute atomic E-state index is 11.4. The fourth-order valence-corrected chi connectivity index (χ4v) is 2.27. The molecule has 15 heavy (non-hydrogen) atoms. The molecule has 0 aromatic heterocycles. The van der Waals surface area contributed by atoms with Gasteiger partial charge in [-0.3, -0.25) is 4.79 Å². The molecule has 0 aliphatic carbocycles. The second-order valence-electron chi connectivity index (χ2n) is 3.46. The normalized spacial score (nSPS) is 12.5. The first kappa shape index (κ1) is 14.8. The average molecular weight is 233 g/mol. The lowest BCUT2D eigenvalue weighted by molar-refractivity contribution is -0.142. The zero-order valence-corrected chi connectivity index (χ0v) is 10.9. The predicted molar refractivity (Wildman–Crippen MR) is 66.3 cm³/mol. The van der Waals surface area contributed by atoms with Gasteiger partial charge in [0.2, 0.25) is 0 Å². The number of rotatable bonds is 9. The van der Waals surface area contributed by atoms with Crippen LogP contribution in [-0.2, 0) is 9.53 Å². The molecule has 0 amide bonds. The maximum Gasteiger partial charge on any atom is 0.323 e. The molecule has 1 N–H and O–H groups in total. The summed E-state index contributed by atoms with van der Waals surface area (Å²) in [5.74, 6) is 1.79. The molecular weight excluding hydrogens is 210 g/mol. The van der Waals surface area contributed by atoms with Gasteiger partial charge in [0, 0.05) is 5.75 Å². The Labute approximate surface area is 97.3 Å². The minimum absolute atomic E-state index is 0.142. The fraction of sp³-hybridized carbons (Fsp3) is 0.909. The van der Waals surface area contributed by atoms with Gasteiger partial charge in [-0.1, -0.05) is 20.3 Å². The third kappa shape index (κ3) is 7.68. The van der Waals surface area contributed by atoms with Crippen LogP contribution in [0.15, 0.2) is 0 Å². The van der Waals surface area contributed by atoms with Crippen LogP contribution < -0.4 is 5.32 Å². The summed E-state index contributed by atoms with van der Waals surface area (Å²) >= 11 is 1.82. The summed E-state index contributed by atoms with van der Waals surface area (Å²) in [6.07, 6.45) is 3.46. The highest BCUT2D eigenvalue weighted by Gasteiger charge is 2.17. The van der Waals surface area contributed by atoms with Gasteiger partial charge in [-0.2, -0.15) is 11.8 Å². The van der Waals surface area contributed by atoms with Crippen LogP contribution in [0, 0.1) is 0 Å². The highest BCUT2D eigenvalue weighted by Crippen LogP contribution is 2.07. The topological polar surface area (TPSA) is 38.3 Å². The summed E-state index contributed by atoms with van der Waals surface area (Å²) in [6, 6.07) is -0.142. The van der Waals surface area contributed by atoms with Crippen molar-refractivity contribution in [2.45, 2.75) is 39.2 Å². The Morgan fingerprint density at radius 3 is 2.67 bits per heavy atom. The summed E-state index contributed by atoms with van der Waals surface area (Å²) in [5, 5.41) is 3.20. The van der Waals surface area contributed by atoms with E-state index in [0.29, 0.717) is 0 Å². The second-order valence-corrected chi connectivity index (χ2v) is 4.61. The van der Waals surface area contributed by atoms with Crippen molar-refractivity contribution in [3.8, 4) is 0 Å². The van der Waals surface area contributed by atoms with Crippen LogP contribution >= 0.6 is 11.8 Å². The van der Waals surface area contributed by atoms with Gasteiger partial charge < -0.3 is 10.1 Å². The molecule has 0 rings (SSSR count). The van der Waals surface area contributed by atoms with E-state index in [1.165, 1.54) is 20.0 Å². The van der Waals surface area contributed by atoms with E-state index >= 15 is 0 Å². The number of ether oxygens (including phenoxy) is 1. The molecule has 4 heteroatoms. The minimum Gasteiger partial charge on any atom is -0.468 e. The van der Waals surface area contributed by atoms with Crippen LogP contribution in [-0.4, -0.2) is 37.2 Å². The smallest absolute Gasteiger partial charge is 0.323 e. The lowest BCUT2D eigenvalue weighted by Crippen LogP contribution is -2.40. The molecular formula is C11H23NO2S. The zero-order chi connectivity index (χ0) is 11.5. The number of thioether (sulfide) groups is 1. The monoisotopic (exact) mass is 233 g/mol. The van der Waals surface area contributed by atoms with Gasteiger partial charge in [0.05, 0.1) is 7.11 Å². The standard InChI is InChI=1S/C11H23NO2S/c1-4-6-8-15-9-10(11(13)14-3)12-7-5-2/h10,12H,4-9H2,1-3H3. The fourth-order valence-electron chi connectivity index (χ4n) is 1.12. The molecule has 1 unspecified atom stereocenters. The van der Waals surface area contributed by atoms with Crippen LogP contribution in [0.25, 0.3) is 0 Å². The first-order valence-corrected chi connectivity index (χ1v) is 6.80. The Morgan fingerprint density at radius 1 is 1.40 bits per heavy atom. The van der Waals surface area contributed by atoms with E-state index < -0.39 is 0 Å². The Hall–Kier alpha value is -0.220. The number of carbonyl (C=O) groups excluding carboxylic acids is 1.